The Labute approximate surface area is 136 Å². The molecule has 0 unspecified atom stereocenters. The lowest BCUT2D eigenvalue weighted by atomic mass is 10.2. The summed E-state index contributed by atoms with van der Waals surface area (Å²) in [7, 11) is 0. The van der Waals surface area contributed by atoms with Crippen molar-refractivity contribution in [3.05, 3.63) is 29.8 Å². The van der Waals surface area contributed by atoms with Gasteiger partial charge in [0.05, 0.1) is 0 Å². The first-order valence-electron chi connectivity index (χ1n) is 7.90. The van der Waals surface area contributed by atoms with Gasteiger partial charge in [0.15, 0.2) is 0 Å². The Hall–Kier alpha value is -2.37. The van der Waals surface area contributed by atoms with E-state index < -0.39 is 5.91 Å². The summed E-state index contributed by atoms with van der Waals surface area (Å²) in [5, 5.41) is 2.75. The van der Waals surface area contributed by atoms with E-state index in [0.29, 0.717) is 30.3 Å². The molecule has 1 aromatic rings. The van der Waals surface area contributed by atoms with E-state index in [2.05, 4.69) is 12.2 Å². The number of nitrogens with two attached hydrogens (primary N) is 1. The van der Waals surface area contributed by atoms with Gasteiger partial charge in [0, 0.05) is 36.7 Å². The van der Waals surface area contributed by atoms with Gasteiger partial charge < -0.3 is 16.0 Å². The highest BCUT2D eigenvalue weighted by Gasteiger charge is 2.41. The molecule has 0 heterocycles. The van der Waals surface area contributed by atoms with E-state index >= 15 is 0 Å². The van der Waals surface area contributed by atoms with Crippen LogP contribution in [0.15, 0.2) is 24.3 Å². The Morgan fingerprint density at radius 2 is 1.87 bits per heavy atom. The zero-order valence-corrected chi connectivity index (χ0v) is 13.5. The first-order valence-corrected chi connectivity index (χ1v) is 7.90. The molecule has 6 heteroatoms. The van der Waals surface area contributed by atoms with Crippen LogP contribution >= 0.6 is 0 Å². The third-order valence-electron chi connectivity index (χ3n) is 4.18. The van der Waals surface area contributed by atoms with Gasteiger partial charge >= 0.3 is 0 Å². The molecule has 1 saturated carbocycles. The van der Waals surface area contributed by atoms with Gasteiger partial charge in [-0.25, -0.2) is 0 Å². The minimum absolute atomic E-state index is 0.138. The van der Waals surface area contributed by atoms with Crippen molar-refractivity contribution in [2.45, 2.75) is 26.7 Å². The van der Waals surface area contributed by atoms with Crippen LogP contribution in [0.2, 0.25) is 0 Å². The van der Waals surface area contributed by atoms with Crippen molar-refractivity contribution in [1.82, 2.24) is 4.90 Å². The summed E-state index contributed by atoms with van der Waals surface area (Å²) in [6, 6.07) is 6.39. The zero-order chi connectivity index (χ0) is 17.0. The standard InChI is InChI=1S/C17H23N3O3/c1-3-20(17(23)14-10-11(14)2)9-8-15(21)19-13-6-4-12(5-7-13)16(18)22/h4-7,11,14H,3,8-10H2,1-2H3,(H2,18,22)(H,19,21)/t11-,14-/m0/s1. The Morgan fingerprint density at radius 3 is 2.35 bits per heavy atom. The summed E-state index contributed by atoms with van der Waals surface area (Å²) in [6.45, 7) is 5.02. The lowest BCUT2D eigenvalue weighted by Gasteiger charge is -2.20. The van der Waals surface area contributed by atoms with Crippen molar-refractivity contribution in [3.63, 3.8) is 0 Å². The number of carbonyl (C=O) groups excluding carboxylic acids is 3. The molecular weight excluding hydrogens is 294 g/mol. The molecule has 0 saturated heterocycles. The van der Waals surface area contributed by atoms with Crippen LogP contribution in [0.3, 0.4) is 0 Å². The van der Waals surface area contributed by atoms with E-state index in [1.165, 1.54) is 0 Å². The predicted octanol–water partition coefficient (Wildman–Crippen LogP) is 1.62. The summed E-state index contributed by atoms with van der Waals surface area (Å²) in [5.74, 6) is 0.0910. The molecule has 23 heavy (non-hydrogen) atoms. The normalized spacial score (nSPS) is 19.0. The summed E-state index contributed by atoms with van der Waals surface area (Å²) in [5.41, 5.74) is 6.16. The van der Waals surface area contributed by atoms with Crippen LogP contribution in [0.25, 0.3) is 0 Å². The van der Waals surface area contributed by atoms with Crippen LogP contribution in [-0.4, -0.2) is 35.7 Å². The van der Waals surface area contributed by atoms with Crippen LogP contribution in [0.5, 0.6) is 0 Å². The summed E-state index contributed by atoms with van der Waals surface area (Å²) < 4.78 is 0. The Balaban J connectivity index is 1.81. The van der Waals surface area contributed by atoms with Crippen LogP contribution in [0.4, 0.5) is 5.69 Å². The topological polar surface area (TPSA) is 92.5 Å². The maximum Gasteiger partial charge on any atom is 0.248 e. The van der Waals surface area contributed by atoms with Gasteiger partial charge in [-0.15, -0.1) is 0 Å². The number of hydrogen-bond donors (Lipinski definition) is 2. The van der Waals surface area contributed by atoms with Crippen molar-refractivity contribution in [3.8, 4) is 0 Å². The van der Waals surface area contributed by atoms with Gasteiger partial charge in [-0.3, -0.25) is 14.4 Å². The van der Waals surface area contributed by atoms with E-state index in [9.17, 15) is 14.4 Å². The molecule has 124 valence electrons. The van der Waals surface area contributed by atoms with Crippen molar-refractivity contribution in [1.29, 1.82) is 0 Å². The number of carbonyl (C=O) groups is 3. The molecule has 1 aliphatic rings. The number of hydrogen-bond acceptors (Lipinski definition) is 3. The number of benzene rings is 1. The average molecular weight is 317 g/mol. The second kappa shape index (κ2) is 7.26. The summed E-state index contributed by atoms with van der Waals surface area (Å²) in [6.07, 6.45) is 1.20. The highest BCUT2D eigenvalue weighted by Crippen LogP contribution is 2.39. The fourth-order valence-corrected chi connectivity index (χ4v) is 2.50. The van der Waals surface area contributed by atoms with Gasteiger partial charge in [0.25, 0.3) is 0 Å². The van der Waals surface area contributed by atoms with Crippen LogP contribution in [-0.2, 0) is 9.59 Å². The molecule has 0 aromatic heterocycles. The SMILES string of the molecule is CCN(CCC(=O)Nc1ccc(C(N)=O)cc1)C(=O)[C@H]1C[C@@H]1C. The van der Waals surface area contributed by atoms with Crippen molar-refractivity contribution in [2.24, 2.45) is 17.6 Å². The summed E-state index contributed by atoms with van der Waals surface area (Å²) in [4.78, 5) is 36.9. The van der Waals surface area contributed by atoms with Crippen LogP contribution < -0.4 is 11.1 Å². The molecular formula is C17H23N3O3. The van der Waals surface area contributed by atoms with Gasteiger partial charge in [0.1, 0.15) is 0 Å². The largest absolute Gasteiger partial charge is 0.366 e. The Kier molecular flexibility index (Phi) is 5.36. The number of anilines is 1. The van der Waals surface area contributed by atoms with Gasteiger partial charge in [-0.05, 0) is 43.5 Å². The average Bonchev–Trinajstić information content (AvgIpc) is 3.25. The lowest BCUT2D eigenvalue weighted by molar-refractivity contribution is -0.133. The molecule has 6 nitrogen and oxygen atoms in total. The van der Waals surface area contributed by atoms with Crippen molar-refractivity contribution >= 4 is 23.4 Å². The molecule has 2 rings (SSSR count). The third-order valence-corrected chi connectivity index (χ3v) is 4.18. The third kappa shape index (κ3) is 4.55. The quantitative estimate of drug-likeness (QED) is 0.800. The van der Waals surface area contributed by atoms with Crippen molar-refractivity contribution in [2.75, 3.05) is 18.4 Å². The van der Waals surface area contributed by atoms with E-state index in [1.54, 1.807) is 29.2 Å². The number of primary amides is 1. The Bertz CT molecular complexity index is 598. The fourth-order valence-electron chi connectivity index (χ4n) is 2.50. The van der Waals surface area contributed by atoms with Gasteiger partial charge in [0.2, 0.25) is 17.7 Å². The molecule has 3 amide bonds. The molecule has 1 fully saturated rings. The number of rotatable bonds is 7. The molecule has 0 aliphatic heterocycles. The van der Waals surface area contributed by atoms with Crippen LogP contribution in [0, 0.1) is 11.8 Å². The highest BCUT2D eigenvalue weighted by molar-refractivity contribution is 5.95. The molecule has 0 bridgehead atoms. The molecule has 0 radical (unpaired) electrons. The summed E-state index contributed by atoms with van der Waals surface area (Å²) >= 11 is 0. The zero-order valence-electron chi connectivity index (χ0n) is 13.5. The molecule has 2 atom stereocenters. The minimum Gasteiger partial charge on any atom is -0.366 e. The first kappa shape index (κ1) is 17.0. The highest BCUT2D eigenvalue weighted by atomic mass is 16.2. The first-order chi connectivity index (χ1) is 10.9. The molecule has 1 aliphatic carbocycles. The second-order valence-corrected chi connectivity index (χ2v) is 5.98. The smallest absolute Gasteiger partial charge is 0.248 e. The van der Waals surface area contributed by atoms with E-state index in [-0.39, 0.29) is 24.2 Å². The lowest BCUT2D eigenvalue weighted by Crippen LogP contribution is -2.35. The predicted molar refractivity (Wildman–Crippen MR) is 87.7 cm³/mol. The van der Waals surface area contributed by atoms with E-state index in [0.717, 1.165) is 6.42 Å². The second-order valence-electron chi connectivity index (χ2n) is 5.98. The maximum atomic E-state index is 12.2. The molecule has 3 N–H and O–H groups in total. The monoisotopic (exact) mass is 317 g/mol. The molecule has 0 spiro atoms. The molecule has 1 aromatic carbocycles. The minimum atomic E-state index is -0.505. The number of nitrogens with zero attached hydrogens (tertiary/aromatic N) is 1. The maximum absolute atomic E-state index is 12.2. The number of amides is 3. The van der Waals surface area contributed by atoms with Gasteiger partial charge in [-0.2, -0.15) is 0 Å². The van der Waals surface area contributed by atoms with E-state index in [1.807, 2.05) is 6.92 Å². The van der Waals surface area contributed by atoms with Crippen LogP contribution in [0.1, 0.15) is 37.0 Å². The van der Waals surface area contributed by atoms with Crippen molar-refractivity contribution < 1.29 is 14.4 Å². The Morgan fingerprint density at radius 1 is 1.26 bits per heavy atom. The van der Waals surface area contributed by atoms with Gasteiger partial charge in [-0.1, -0.05) is 6.92 Å². The van der Waals surface area contributed by atoms with E-state index in [4.69, 9.17) is 5.73 Å². The fraction of sp³-hybridized carbons (Fsp3) is 0.471. The number of nitrogens with one attached hydrogen (secondary N) is 1.